The van der Waals surface area contributed by atoms with Gasteiger partial charge in [-0.3, -0.25) is 19.1 Å². The molecule has 0 saturated heterocycles. The monoisotopic (exact) mass is 1080 g/mol. The summed E-state index contributed by atoms with van der Waals surface area (Å²) in [6.45, 7) is 11.8. The molecule has 9 rings (SSSR count). The van der Waals surface area contributed by atoms with Crippen molar-refractivity contribution in [3.63, 3.8) is 0 Å². The topological polar surface area (TPSA) is 214 Å². The Morgan fingerprint density at radius 3 is 2.48 bits per heavy atom. The van der Waals surface area contributed by atoms with Gasteiger partial charge < -0.3 is 29.4 Å². The lowest BCUT2D eigenvalue weighted by molar-refractivity contribution is -0.137. The van der Waals surface area contributed by atoms with Gasteiger partial charge in [0.2, 0.25) is 15.9 Å². The number of methoxy groups -OCH3 is 1. The SMILES string of the molecule is COc1cc([C@@H](CC(=O)O)c2ccc(C)c(CN3C[C@@H](C)Oc4cc(CCCOCCOCCNC(=O)C[C@@H]5N=C(c6ccc(Cl)cc6)c6c(sc(C)c6C)-n6c(C)nnc65)ccc4S3(=O)=O)c2)cc2nnn(C)c12. The molecule has 7 aromatic rings. The van der Waals surface area contributed by atoms with Crippen molar-refractivity contribution in [1.29, 1.82) is 0 Å². The molecule has 0 unspecified atom stereocenters. The van der Waals surface area contributed by atoms with E-state index in [4.69, 9.17) is 35.5 Å². The van der Waals surface area contributed by atoms with Crippen molar-refractivity contribution in [3.8, 4) is 16.5 Å². The van der Waals surface area contributed by atoms with Gasteiger partial charge in [-0.15, -0.1) is 26.6 Å². The summed E-state index contributed by atoms with van der Waals surface area (Å²) >= 11 is 7.91. The summed E-state index contributed by atoms with van der Waals surface area (Å²) in [5, 5.41) is 31.8. The number of carbonyl (C=O) groups excluding carboxylic acids is 1. The number of ether oxygens (including phenoxy) is 4. The Kier molecular flexibility index (Phi) is 16.2. The number of fused-ring (bicyclic) bond motifs is 5. The first-order chi connectivity index (χ1) is 36.0. The van der Waals surface area contributed by atoms with Crippen LogP contribution in [0, 0.1) is 27.7 Å². The summed E-state index contributed by atoms with van der Waals surface area (Å²) in [5.41, 5.74) is 9.01. The van der Waals surface area contributed by atoms with Crippen LogP contribution in [0.25, 0.3) is 16.0 Å². The number of sulfonamides is 1. The maximum atomic E-state index is 14.4. The van der Waals surface area contributed by atoms with Crippen LogP contribution >= 0.6 is 22.9 Å². The molecule has 0 radical (unpaired) electrons. The first-order valence-electron chi connectivity index (χ1n) is 24.8. The second-order valence-electron chi connectivity index (χ2n) is 18.9. The van der Waals surface area contributed by atoms with E-state index in [9.17, 15) is 23.1 Å². The zero-order valence-electron chi connectivity index (χ0n) is 42.9. The number of aryl methyl sites for hydroxylation is 5. The second kappa shape index (κ2) is 22.7. The minimum Gasteiger partial charge on any atom is -0.494 e. The Labute approximate surface area is 444 Å². The Bertz CT molecular complexity index is 3410. The minimum atomic E-state index is -4.00. The number of rotatable bonds is 20. The summed E-state index contributed by atoms with van der Waals surface area (Å²) in [7, 11) is -0.699. The molecule has 3 aromatic heterocycles. The van der Waals surface area contributed by atoms with E-state index in [1.165, 1.54) is 9.18 Å². The smallest absolute Gasteiger partial charge is 0.304 e. The van der Waals surface area contributed by atoms with Gasteiger partial charge in [-0.25, -0.2) is 13.1 Å². The molecule has 0 spiro atoms. The highest BCUT2D eigenvalue weighted by atomic mass is 35.5. The molecule has 3 atom stereocenters. The molecule has 2 N–H and O–H groups in total. The number of carbonyl (C=O) groups is 2. The standard InChI is InChI=1S/C54H60ClN9O9S2/c1-31-10-12-38(42(27-49(66)67)39-25-43-52(46(26-39)70-7)62(6)61-59-43)24-40(31)30-63-29-32(2)73-45-23-36(11-17-47(45)75(63,68)69)9-8-19-71-21-22-72-20-18-56-48(65)28-44-53-60-58-35(5)64(53)54-50(33(3)34(4)74-54)51(57-44)37-13-15-41(55)16-14-37/h10-17,23-26,32,42,44H,8-9,18-22,27-30H2,1-7H3,(H,56,65)(H,66,67)/t32-,42+,44+/m1/s1. The fourth-order valence-electron chi connectivity index (χ4n) is 9.69. The van der Waals surface area contributed by atoms with Gasteiger partial charge in [0.25, 0.3) is 0 Å². The van der Waals surface area contributed by atoms with Crippen molar-refractivity contribution in [2.75, 3.05) is 46.6 Å². The minimum absolute atomic E-state index is 0.0596. The van der Waals surface area contributed by atoms with Crippen LogP contribution in [-0.4, -0.2) is 118 Å². The van der Waals surface area contributed by atoms with E-state index in [2.05, 4.69) is 39.7 Å². The van der Waals surface area contributed by atoms with Gasteiger partial charge in [0.1, 0.15) is 50.4 Å². The third kappa shape index (κ3) is 11.5. The number of nitrogens with one attached hydrogen (secondary N) is 1. The molecule has 21 heteroatoms. The zero-order valence-corrected chi connectivity index (χ0v) is 45.3. The van der Waals surface area contributed by atoms with Crippen molar-refractivity contribution in [3.05, 3.63) is 139 Å². The van der Waals surface area contributed by atoms with E-state index in [1.807, 2.05) is 86.0 Å². The third-order valence-electron chi connectivity index (χ3n) is 13.7. The molecule has 0 bridgehead atoms. The van der Waals surface area contributed by atoms with Crippen molar-refractivity contribution < 1.29 is 42.1 Å². The quantitative estimate of drug-likeness (QED) is 0.0691. The number of thiophene rings is 1. The van der Waals surface area contributed by atoms with Crippen LogP contribution in [0.4, 0.5) is 0 Å². The molecular weight excluding hydrogens is 1020 g/mol. The van der Waals surface area contributed by atoms with E-state index in [1.54, 1.807) is 42.3 Å². The van der Waals surface area contributed by atoms with Gasteiger partial charge in [-0.1, -0.05) is 53.2 Å². The van der Waals surface area contributed by atoms with Crippen LogP contribution < -0.4 is 14.8 Å². The van der Waals surface area contributed by atoms with Crippen LogP contribution in [0.1, 0.15) is 99.2 Å². The van der Waals surface area contributed by atoms with Gasteiger partial charge >= 0.3 is 5.97 Å². The first-order valence-corrected chi connectivity index (χ1v) is 27.4. The fraction of sp³-hybridized carbons (Fsp3) is 0.389. The van der Waals surface area contributed by atoms with Gasteiger partial charge in [0, 0.05) is 53.7 Å². The van der Waals surface area contributed by atoms with Crippen molar-refractivity contribution in [2.45, 2.75) is 89.8 Å². The summed E-state index contributed by atoms with van der Waals surface area (Å²) in [6.07, 6.45) is 0.733. The number of carboxylic acid groups (broad SMARTS) is 1. The van der Waals surface area contributed by atoms with Crippen molar-refractivity contribution >= 4 is 61.6 Å². The van der Waals surface area contributed by atoms with Crippen LogP contribution in [-0.2, 0) is 49.1 Å². The highest BCUT2D eigenvalue weighted by Crippen LogP contribution is 2.41. The number of benzene rings is 4. The van der Waals surface area contributed by atoms with E-state index < -0.39 is 34.1 Å². The molecule has 5 heterocycles. The van der Waals surface area contributed by atoms with Gasteiger partial charge in [-0.05, 0) is 117 Å². The number of halogens is 1. The summed E-state index contributed by atoms with van der Waals surface area (Å²) < 4.78 is 57.3. The molecule has 75 heavy (non-hydrogen) atoms. The number of aliphatic carboxylic acids is 1. The Balaban J connectivity index is 0.751. The number of hydrogen-bond acceptors (Lipinski definition) is 14. The van der Waals surface area contributed by atoms with Crippen LogP contribution in [0.3, 0.4) is 0 Å². The number of nitrogens with zero attached hydrogens (tertiary/aromatic N) is 8. The number of aliphatic imine (C=N–C) groups is 1. The highest BCUT2D eigenvalue weighted by molar-refractivity contribution is 7.89. The van der Waals surface area contributed by atoms with Crippen molar-refractivity contribution in [1.82, 2.24) is 39.4 Å². The molecular formula is C54H60ClN9O9S2. The number of carboxylic acids is 1. The second-order valence-corrected chi connectivity index (χ2v) is 22.5. The van der Waals surface area contributed by atoms with E-state index in [-0.39, 0.29) is 36.7 Å². The lowest BCUT2D eigenvalue weighted by atomic mass is 9.86. The molecule has 0 fully saturated rings. The van der Waals surface area contributed by atoms with Gasteiger partial charge in [-0.2, -0.15) is 4.31 Å². The summed E-state index contributed by atoms with van der Waals surface area (Å²) in [4.78, 5) is 32.0. The number of aromatic nitrogens is 6. The summed E-state index contributed by atoms with van der Waals surface area (Å²) in [6, 6.07) is 21.5. The maximum Gasteiger partial charge on any atom is 0.304 e. The Morgan fingerprint density at radius 2 is 1.72 bits per heavy atom. The van der Waals surface area contributed by atoms with E-state index in [0.717, 1.165) is 55.5 Å². The summed E-state index contributed by atoms with van der Waals surface area (Å²) in [5.74, 6) is 0.409. The zero-order chi connectivity index (χ0) is 53.1. The molecule has 0 aliphatic carbocycles. The van der Waals surface area contributed by atoms with Crippen molar-refractivity contribution in [2.24, 2.45) is 12.0 Å². The van der Waals surface area contributed by atoms with Crippen LogP contribution in [0.15, 0.2) is 82.7 Å². The number of amides is 1. The molecule has 18 nitrogen and oxygen atoms in total. The fourth-order valence-corrected chi connectivity index (χ4v) is 12.6. The Hall–Kier alpha value is -6.55. The van der Waals surface area contributed by atoms with Crippen LogP contribution in [0.2, 0.25) is 5.02 Å². The van der Waals surface area contributed by atoms with E-state index >= 15 is 0 Å². The molecule has 394 valence electrons. The number of hydrogen-bond donors (Lipinski definition) is 2. The normalized spacial score (nSPS) is 16.5. The van der Waals surface area contributed by atoms with E-state index in [0.29, 0.717) is 84.8 Å². The maximum absolute atomic E-state index is 14.4. The molecule has 4 aromatic carbocycles. The Morgan fingerprint density at radius 1 is 0.947 bits per heavy atom. The molecule has 0 saturated carbocycles. The highest BCUT2D eigenvalue weighted by Gasteiger charge is 2.35. The lowest BCUT2D eigenvalue weighted by Crippen LogP contribution is -2.35. The molecule has 2 aliphatic heterocycles. The van der Waals surface area contributed by atoms with Crippen LogP contribution in [0.5, 0.6) is 11.5 Å². The van der Waals surface area contributed by atoms with Gasteiger partial charge in [0.05, 0.1) is 52.0 Å². The lowest BCUT2D eigenvalue weighted by Gasteiger charge is -2.24. The largest absolute Gasteiger partial charge is 0.494 e. The average Bonchev–Trinajstić information content (AvgIpc) is 4.00. The third-order valence-corrected chi connectivity index (χ3v) is 17.0. The predicted molar refractivity (Wildman–Crippen MR) is 285 cm³/mol. The van der Waals surface area contributed by atoms with Gasteiger partial charge in [0.15, 0.2) is 5.82 Å². The average molecular weight is 1080 g/mol. The predicted octanol–water partition coefficient (Wildman–Crippen LogP) is 8.15. The molecule has 2 aliphatic rings. The first kappa shape index (κ1) is 53.3. The molecule has 1 amide bonds.